The van der Waals surface area contributed by atoms with E-state index >= 15 is 0 Å². The van der Waals surface area contributed by atoms with Gasteiger partial charge in [-0.25, -0.2) is 0 Å². The Morgan fingerprint density at radius 1 is 1.00 bits per heavy atom. The van der Waals surface area contributed by atoms with E-state index in [1.807, 2.05) is 54.6 Å². The number of aliphatic hydroxyl groups is 1. The molecule has 90 valence electrons. The molecule has 2 aliphatic rings. The minimum Gasteiger partial charge on any atom is -0.379 e. The van der Waals surface area contributed by atoms with E-state index in [1.54, 1.807) is 0 Å². The maximum absolute atomic E-state index is 11.2. The zero-order valence-corrected chi connectivity index (χ0v) is 10.2. The van der Waals surface area contributed by atoms with Gasteiger partial charge in [-0.3, -0.25) is 0 Å². The van der Waals surface area contributed by atoms with E-state index in [-0.39, 0.29) is 0 Å². The van der Waals surface area contributed by atoms with E-state index in [1.165, 1.54) is 0 Å². The number of rotatable bonds is 0. The van der Waals surface area contributed by atoms with E-state index in [0.29, 0.717) is 0 Å². The third kappa shape index (κ3) is 1.09. The van der Waals surface area contributed by atoms with Gasteiger partial charge in [0.1, 0.15) is 11.5 Å². The maximum Gasteiger partial charge on any atom is 0.136 e. The predicted molar refractivity (Wildman–Crippen MR) is 72.9 cm³/mol. The van der Waals surface area contributed by atoms with Crippen LogP contribution >= 0.6 is 0 Å². The molecule has 0 amide bonds. The monoisotopic (exact) mass is 245 g/mol. The van der Waals surface area contributed by atoms with Gasteiger partial charge in [0.05, 0.1) is 6.07 Å². The summed E-state index contributed by atoms with van der Waals surface area (Å²) in [7, 11) is 0. The smallest absolute Gasteiger partial charge is 0.136 e. The van der Waals surface area contributed by atoms with Crippen LogP contribution in [0.1, 0.15) is 22.3 Å². The van der Waals surface area contributed by atoms with Crippen LogP contribution in [-0.4, -0.2) is 5.11 Å². The van der Waals surface area contributed by atoms with Crippen LogP contribution < -0.4 is 0 Å². The molecule has 2 nitrogen and oxygen atoms in total. The molecular weight excluding hydrogens is 234 g/mol. The summed E-state index contributed by atoms with van der Waals surface area (Å²) in [4.78, 5) is 0. The molecule has 0 fully saturated rings. The van der Waals surface area contributed by atoms with Crippen LogP contribution in [0.5, 0.6) is 0 Å². The lowest BCUT2D eigenvalue weighted by molar-refractivity contribution is 0.0660. The van der Waals surface area contributed by atoms with Crippen LogP contribution in [0.4, 0.5) is 0 Å². The number of nitriles is 1. The minimum atomic E-state index is -1.20. The number of nitrogens with zero attached hydrogens (tertiary/aromatic N) is 1. The summed E-state index contributed by atoms with van der Waals surface area (Å²) in [6.07, 6.45) is 2.03. The Hall–Kier alpha value is -2.37. The molecule has 4 rings (SSSR count). The summed E-state index contributed by atoms with van der Waals surface area (Å²) < 4.78 is 0. The summed E-state index contributed by atoms with van der Waals surface area (Å²) in [5.74, 6) is -0.514. The fourth-order valence-corrected chi connectivity index (χ4v) is 3.37. The average molecular weight is 245 g/mol. The zero-order valence-electron chi connectivity index (χ0n) is 10.2. The molecule has 2 aromatic rings. The molecule has 0 saturated heterocycles. The van der Waals surface area contributed by atoms with Crippen LogP contribution in [0.2, 0.25) is 0 Å². The second kappa shape index (κ2) is 3.34. The fourth-order valence-electron chi connectivity index (χ4n) is 3.37. The lowest BCUT2D eigenvalue weighted by atomic mass is 9.75. The van der Waals surface area contributed by atoms with Crippen LogP contribution in [0.3, 0.4) is 0 Å². The first-order valence-corrected chi connectivity index (χ1v) is 6.30. The highest BCUT2D eigenvalue weighted by Crippen LogP contribution is 2.56. The standard InChI is InChI=1S/C17H11NO/c18-10-16-13-9-11-5-1-3-7-14(11)17(16,19)15-8-4-2-6-12(13)15/h1-9,16,19H. The lowest BCUT2D eigenvalue weighted by Crippen LogP contribution is -2.34. The minimum absolute atomic E-state index is 0.514. The third-order valence-corrected chi connectivity index (χ3v) is 4.19. The van der Waals surface area contributed by atoms with E-state index in [9.17, 15) is 10.4 Å². The number of hydrogen-bond donors (Lipinski definition) is 1. The summed E-state index contributed by atoms with van der Waals surface area (Å²) in [5, 5.41) is 20.7. The summed E-state index contributed by atoms with van der Waals surface area (Å²) in [5.41, 5.74) is 3.40. The number of hydrogen-bond acceptors (Lipinski definition) is 2. The molecule has 0 radical (unpaired) electrons. The molecule has 0 heterocycles. The molecular formula is C17H11NO. The molecule has 2 aromatic carbocycles. The van der Waals surface area contributed by atoms with Crippen LogP contribution in [0, 0.1) is 17.2 Å². The first-order chi connectivity index (χ1) is 9.26. The van der Waals surface area contributed by atoms with E-state index in [2.05, 4.69) is 6.07 Å². The van der Waals surface area contributed by atoms with E-state index in [0.717, 1.165) is 27.8 Å². The van der Waals surface area contributed by atoms with E-state index < -0.39 is 11.5 Å². The predicted octanol–water partition coefficient (Wildman–Crippen LogP) is 2.93. The lowest BCUT2D eigenvalue weighted by Gasteiger charge is -2.32. The summed E-state index contributed by atoms with van der Waals surface area (Å²) in [6.45, 7) is 0. The second-order valence-electron chi connectivity index (χ2n) is 5.06. The Labute approximate surface area is 111 Å². The number of benzene rings is 2. The van der Waals surface area contributed by atoms with Gasteiger partial charge in [0.2, 0.25) is 0 Å². The van der Waals surface area contributed by atoms with Crippen LogP contribution in [0.25, 0.3) is 11.6 Å². The van der Waals surface area contributed by atoms with Crippen LogP contribution in [0.15, 0.2) is 48.5 Å². The van der Waals surface area contributed by atoms with Crippen molar-refractivity contribution >= 4 is 11.6 Å². The first kappa shape index (κ1) is 10.5. The average Bonchev–Trinajstić information content (AvgIpc) is 2.64. The Balaban J connectivity index is 2.17. The largest absolute Gasteiger partial charge is 0.379 e. The molecule has 0 aliphatic heterocycles. The van der Waals surface area contributed by atoms with Crippen molar-refractivity contribution in [2.24, 2.45) is 5.92 Å². The zero-order chi connectivity index (χ0) is 13.0. The van der Waals surface area contributed by atoms with Gasteiger partial charge in [-0.2, -0.15) is 5.26 Å². The highest BCUT2D eigenvalue weighted by molar-refractivity contribution is 5.94. The van der Waals surface area contributed by atoms with E-state index in [4.69, 9.17) is 0 Å². The molecule has 2 aliphatic carbocycles. The van der Waals surface area contributed by atoms with Gasteiger partial charge >= 0.3 is 0 Å². The van der Waals surface area contributed by atoms with Crippen molar-refractivity contribution in [2.45, 2.75) is 5.60 Å². The quantitative estimate of drug-likeness (QED) is 0.775. The highest BCUT2D eigenvalue weighted by Gasteiger charge is 2.52. The van der Waals surface area contributed by atoms with Crippen molar-refractivity contribution in [1.29, 1.82) is 5.26 Å². The molecule has 1 N–H and O–H groups in total. The first-order valence-electron chi connectivity index (χ1n) is 6.30. The molecule has 0 saturated carbocycles. The molecule has 2 bridgehead atoms. The van der Waals surface area contributed by atoms with Crippen molar-refractivity contribution in [1.82, 2.24) is 0 Å². The van der Waals surface area contributed by atoms with Gasteiger partial charge in [0.25, 0.3) is 0 Å². The summed E-state index contributed by atoms with van der Waals surface area (Å²) in [6, 6.07) is 17.8. The van der Waals surface area contributed by atoms with Gasteiger partial charge in [-0.05, 0) is 33.9 Å². The Bertz CT molecular complexity index is 756. The SMILES string of the molecule is N#CC1C2=Cc3ccccc3C1(O)c1ccccc12. The fraction of sp³-hybridized carbons (Fsp3) is 0.118. The maximum atomic E-state index is 11.2. The van der Waals surface area contributed by atoms with Gasteiger partial charge < -0.3 is 5.11 Å². The van der Waals surface area contributed by atoms with Crippen molar-refractivity contribution < 1.29 is 5.11 Å². The van der Waals surface area contributed by atoms with Gasteiger partial charge in [-0.1, -0.05) is 48.5 Å². The van der Waals surface area contributed by atoms with Crippen LogP contribution in [-0.2, 0) is 5.60 Å². The van der Waals surface area contributed by atoms with Gasteiger partial charge in [0.15, 0.2) is 0 Å². The highest BCUT2D eigenvalue weighted by atomic mass is 16.3. The van der Waals surface area contributed by atoms with Crippen molar-refractivity contribution in [3.05, 3.63) is 70.8 Å². The third-order valence-electron chi connectivity index (χ3n) is 4.19. The Kier molecular flexibility index (Phi) is 1.86. The van der Waals surface area contributed by atoms with Crippen molar-refractivity contribution in [2.75, 3.05) is 0 Å². The van der Waals surface area contributed by atoms with Crippen molar-refractivity contribution in [3.8, 4) is 6.07 Å². The Morgan fingerprint density at radius 2 is 1.68 bits per heavy atom. The van der Waals surface area contributed by atoms with Gasteiger partial charge in [0, 0.05) is 0 Å². The topological polar surface area (TPSA) is 44.0 Å². The Morgan fingerprint density at radius 3 is 2.47 bits per heavy atom. The molecule has 2 heteroatoms. The van der Waals surface area contributed by atoms with Gasteiger partial charge in [-0.15, -0.1) is 0 Å². The molecule has 2 unspecified atom stereocenters. The summed E-state index contributed by atoms with van der Waals surface area (Å²) >= 11 is 0. The second-order valence-corrected chi connectivity index (χ2v) is 5.06. The molecule has 0 aromatic heterocycles. The molecule has 0 spiro atoms. The molecule has 2 atom stereocenters. The van der Waals surface area contributed by atoms with Crippen molar-refractivity contribution in [3.63, 3.8) is 0 Å². The normalized spacial score (nSPS) is 26.1. The molecule has 19 heavy (non-hydrogen) atoms. The number of fused-ring (bicyclic) bond motifs is 7.